The van der Waals surface area contributed by atoms with E-state index in [-0.39, 0.29) is 11.7 Å². The summed E-state index contributed by atoms with van der Waals surface area (Å²) in [6.45, 7) is 9.05. The highest BCUT2D eigenvalue weighted by atomic mass is 16.5. The van der Waals surface area contributed by atoms with Crippen LogP contribution in [0.25, 0.3) is 0 Å². The molecular formula is C20H23NO3. The molecule has 3 rings (SSSR count). The van der Waals surface area contributed by atoms with E-state index in [9.17, 15) is 4.79 Å². The molecule has 0 amide bonds. The zero-order valence-corrected chi connectivity index (χ0v) is 14.7. The minimum atomic E-state index is 0.144. The van der Waals surface area contributed by atoms with Gasteiger partial charge in [-0.15, -0.1) is 0 Å². The van der Waals surface area contributed by atoms with Gasteiger partial charge >= 0.3 is 0 Å². The molecule has 2 aromatic rings. The number of benzene rings is 1. The summed E-state index contributed by atoms with van der Waals surface area (Å²) in [4.78, 5) is 16.5. The van der Waals surface area contributed by atoms with E-state index in [1.807, 2.05) is 38.1 Å². The van der Waals surface area contributed by atoms with Gasteiger partial charge in [0.15, 0.2) is 5.78 Å². The molecular weight excluding hydrogens is 302 g/mol. The topological polar surface area (TPSA) is 48.4 Å². The van der Waals surface area contributed by atoms with E-state index >= 15 is 0 Å². The van der Waals surface area contributed by atoms with E-state index in [1.54, 1.807) is 0 Å². The van der Waals surface area contributed by atoms with Gasteiger partial charge in [0, 0.05) is 23.4 Å². The van der Waals surface area contributed by atoms with Crippen molar-refractivity contribution >= 4 is 5.78 Å². The van der Waals surface area contributed by atoms with Crippen LogP contribution in [0.2, 0.25) is 0 Å². The third-order valence-corrected chi connectivity index (χ3v) is 4.14. The van der Waals surface area contributed by atoms with Crippen LogP contribution in [0.4, 0.5) is 0 Å². The highest BCUT2D eigenvalue weighted by Crippen LogP contribution is 2.40. The van der Waals surface area contributed by atoms with Gasteiger partial charge in [-0.25, -0.2) is 0 Å². The minimum absolute atomic E-state index is 0.144. The summed E-state index contributed by atoms with van der Waals surface area (Å²) in [6.07, 6.45) is 0.445. The molecule has 0 saturated carbocycles. The zero-order valence-electron chi connectivity index (χ0n) is 14.7. The SMILES string of the molecule is Cc1cc(COc2ccc3c(c2C(C)C)OCCC3=O)cc(C)n1. The third kappa shape index (κ3) is 3.28. The first-order valence-electron chi connectivity index (χ1n) is 8.35. The molecule has 0 atom stereocenters. The first kappa shape index (κ1) is 16.5. The fraction of sp³-hybridized carbons (Fsp3) is 0.400. The lowest BCUT2D eigenvalue weighted by molar-refractivity contribution is 0.0932. The smallest absolute Gasteiger partial charge is 0.170 e. The Hall–Kier alpha value is -2.36. The molecule has 0 unspecified atom stereocenters. The van der Waals surface area contributed by atoms with Crippen LogP contribution in [0, 0.1) is 13.8 Å². The molecule has 4 heteroatoms. The number of fused-ring (bicyclic) bond motifs is 1. The summed E-state index contributed by atoms with van der Waals surface area (Å²) in [6, 6.07) is 7.77. The zero-order chi connectivity index (χ0) is 17.3. The maximum atomic E-state index is 12.1. The molecule has 4 nitrogen and oxygen atoms in total. The van der Waals surface area contributed by atoms with E-state index in [0.717, 1.165) is 28.3 Å². The summed E-state index contributed by atoms with van der Waals surface area (Å²) in [5, 5.41) is 0. The highest BCUT2D eigenvalue weighted by Gasteiger charge is 2.25. The molecule has 0 bridgehead atoms. The molecule has 1 aliphatic heterocycles. The molecule has 0 fully saturated rings. The van der Waals surface area contributed by atoms with Crippen molar-refractivity contribution in [1.29, 1.82) is 0 Å². The van der Waals surface area contributed by atoms with Gasteiger partial charge in [0.2, 0.25) is 0 Å². The van der Waals surface area contributed by atoms with Crippen LogP contribution in [0.1, 0.15) is 59.1 Å². The van der Waals surface area contributed by atoms with Gasteiger partial charge < -0.3 is 9.47 Å². The first-order chi connectivity index (χ1) is 11.5. The van der Waals surface area contributed by atoms with Crippen LogP contribution in [-0.4, -0.2) is 17.4 Å². The van der Waals surface area contributed by atoms with Gasteiger partial charge in [-0.3, -0.25) is 9.78 Å². The van der Waals surface area contributed by atoms with Crippen LogP contribution < -0.4 is 9.47 Å². The van der Waals surface area contributed by atoms with E-state index < -0.39 is 0 Å². The maximum Gasteiger partial charge on any atom is 0.170 e. The average Bonchev–Trinajstić information content (AvgIpc) is 2.51. The summed E-state index contributed by atoms with van der Waals surface area (Å²) in [5.41, 5.74) is 4.70. The number of ketones is 1. The van der Waals surface area contributed by atoms with Crippen molar-refractivity contribution in [3.63, 3.8) is 0 Å². The van der Waals surface area contributed by atoms with Gasteiger partial charge in [0.1, 0.15) is 18.1 Å². The summed E-state index contributed by atoms with van der Waals surface area (Å²) in [7, 11) is 0. The number of rotatable bonds is 4. The van der Waals surface area contributed by atoms with E-state index in [4.69, 9.17) is 9.47 Å². The van der Waals surface area contributed by atoms with Gasteiger partial charge in [0.25, 0.3) is 0 Å². The van der Waals surface area contributed by atoms with Crippen molar-refractivity contribution in [2.24, 2.45) is 0 Å². The van der Waals surface area contributed by atoms with Crippen molar-refractivity contribution in [2.45, 2.75) is 46.6 Å². The average molecular weight is 325 g/mol. The molecule has 2 heterocycles. The van der Waals surface area contributed by atoms with Crippen molar-refractivity contribution in [3.05, 3.63) is 52.3 Å². The Bertz CT molecular complexity index is 760. The molecule has 1 aromatic heterocycles. The van der Waals surface area contributed by atoms with Crippen LogP contribution in [0.5, 0.6) is 11.5 Å². The number of carbonyl (C=O) groups is 1. The molecule has 24 heavy (non-hydrogen) atoms. The number of hydrogen-bond donors (Lipinski definition) is 0. The van der Waals surface area contributed by atoms with Gasteiger partial charge in [-0.1, -0.05) is 13.8 Å². The van der Waals surface area contributed by atoms with E-state index in [0.29, 0.717) is 30.9 Å². The van der Waals surface area contributed by atoms with Crippen LogP contribution in [0.3, 0.4) is 0 Å². The Kier molecular flexibility index (Phi) is 4.56. The highest BCUT2D eigenvalue weighted by molar-refractivity contribution is 6.00. The molecule has 0 saturated heterocycles. The lowest BCUT2D eigenvalue weighted by Gasteiger charge is -2.24. The number of nitrogens with zero attached hydrogens (tertiary/aromatic N) is 1. The number of ether oxygens (including phenoxy) is 2. The third-order valence-electron chi connectivity index (χ3n) is 4.14. The molecule has 1 aromatic carbocycles. The predicted molar refractivity (Wildman–Crippen MR) is 93.0 cm³/mol. The molecule has 1 aliphatic rings. The fourth-order valence-electron chi connectivity index (χ4n) is 3.17. The molecule has 0 N–H and O–H groups in total. The second kappa shape index (κ2) is 6.63. The maximum absolute atomic E-state index is 12.1. The van der Waals surface area contributed by atoms with Crippen LogP contribution in [0.15, 0.2) is 24.3 Å². The first-order valence-corrected chi connectivity index (χ1v) is 8.35. The van der Waals surface area contributed by atoms with Gasteiger partial charge in [-0.05, 0) is 49.6 Å². The van der Waals surface area contributed by atoms with Crippen molar-refractivity contribution in [2.75, 3.05) is 6.61 Å². The Balaban J connectivity index is 1.92. The van der Waals surface area contributed by atoms with Crippen molar-refractivity contribution < 1.29 is 14.3 Å². The van der Waals surface area contributed by atoms with Gasteiger partial charge in [-0.2, -0.15) is 0 Å². The molecule has 0 spiro atoms. The Morgan fingerprint density at radius 2 is 1.92 bits per heavy atom. The monoisotopic (exact) mass is 325 g/mol. The lowest BCUT2D eigenvalue weighted by atomic mass is 9.94. The fourth-order valence-corrected chi connectivity index (χ4v) is 3.17. The number of carbonyl (C=O) groups excluding carboxylic acids is 1. The number of aromatic nitrogens is 1. The number of aryl methyl sites for hydroxylation is 2. The van der Waals surface area contributed by atoms with Crippen LogP contribution in [-0.2, 0) is 6.61 Å². The van der Waals surface area contributed by atoms with E-state index in [2.05, 4.69) is 18.8 Å². The lowest BCUT2D eigenvalue weighted by Crippen LogP contribution is -2.17. The summed E-state index contributed by atoms with van der Waals surface area (Å²) in [5.74, 6) is 1.83. The quantitative estimate of drug-likeness (QED) is 0.837. The molecule has 0 radical (unpaired) electrons. The summed E-state index contributed by atoms with van der Waals surface area (Å²) < 4.78 is 11.9. The Morgan fingerprint density at radius 3 is 2.58 bits per heavy atom. The number of Topliss-reactive ketones (excluding diaryl/α,β-unsaturated/α-hetero) is 1. The second-order valence-corrected chi connectivity index (χ2v) is 6.58. The van der Waals surface area contributed by atoms with Crippen molar-refractivity contribution in [3.8, 4) is 11.5 Å². The standard InChI is InChI=1S/C20H23NO3/c1-12(2)19-18(6-5-16-17(22)7-8-23-20(16)19)24-11-15-9-13(3)21-14(4)10-15/h5-6,9-10,12H,7-8,11H2,1-4H3. The second-order valence-electron chi connectivity index (χ2n) is 6.58. The van der Waals surface area contributed by atoms with Gasteiger partial charge in [0.05, 0.1) is 12.2 Å². The minimum Gasteiger partial charge on any atom is -0.492 e. The Morgan fingerprint density at radius 1 is 1.21 bits per heavy atom. The van der Waals surface area contributed by atoms with Crippen LogP contribution >= 0.6 is 0 Å². The predicted octanol–water partition coefficient (Wildman–Crippen LogP) is 4.37. The normalized spacial score (nSPS) is 13.6. The molecule has 126 valence electrons. The van der Waals surface area contributed by atoms with E-state index in [1.165, 1.54) is 0 Å². The summed E-state index contributed by atoms with van der Waals surface area (Å²) >= 11 is 0. The molecule has 0 aliphatic carbocycles. The van der Waals surface area contributed by atoms with Crippen molar-refractivity contribution in [1.82, 2.24) is 4.98 Å². The number of pyridine rings is 1. The Labute approximate surface area is 142 Å². The number of hydrogen-bond acceptors (Lipinski definition) is 4. The largest absolute Gasteiger partial charge is 0.492 e.